The van der Waals surface area contributed by atoms with Crippen molar-refractivity contribution >= 4 is 22.7 Å². The molecular weight excluding hydrogens is 434 g/mol. The lowest BCUT2D eigenvalue weighted by Crippen LogP contribution is -2.46. The molecule has 0 amide bonds. The Morgan fingerprint density at radius 3 is 2.33 bits per heavy atom. The first-order valence-electron chi connectivity index (χ1n) is 11.0. The van der Waals surface area contributed by atoms with E-state index in [0.29, 0.717) is 56.5 Å². The summed E-state index contributed by atoms with van der Waals surface area (Å²) in [7, 11) is 0. The Labute approximate surface area is 189 Å². The van der Waals surface area contributed by atoms with Crippen LogP contribution in [0.5, 0.6) is 5.75 Å². The predicted octanol–water partition coefficient (Wildman–Crippen LogP) is 2.91. The third-order valence-electron chi connectivity index (χ3n) is 5.85. The van der Waals surface area contributed by atoms with E-state index in [4.69, 9.17) is 14.5 Å². The van der Waals surface area contributed by atoms with Gasteiger partial charge in [-0.3, -0.25) is 4.57 Å². The van der Waals surface area contributed by atoms with E-state index in [2.05, 4.69) is 19.8 Å². The molecule has 0 radical (unpaired) electrons. The molecule has 3 aromatic rings. The Morgan fingerprint density at radius 1 is 1.00 bits per heavy atom. The Morgan fingerprint density at radius 2 is 1.67 bits per heavy atom. The number of hydrogen-bond acceptors (Lipinski definition) is 8. The number of para-hydroxylation sites is 1. The van der Waals surface area contributed by atoms with Crippen molar-refractivity contribution in [1.29, 1.82) is 0 Å². The van der Waals surface area contributed by atoms with E-state index < -0.39 is 12.2 Å². The smallest absolute Gasteiger partial charge is 0.296 e. The van der Waals surface area contributed by atoms with Crippen LogP contribution < -0.4 is 9.80 Å². The number of phenols is 1. The largest absolute Gasteiger partial charge is 0.506 e. The fourth-order valence-electron chi connectivity index (χ4n) is 4.45. The normalized spacial score (nSPS) is 21.8. The number of aromatic hydroxyl groups is 1. The van der Waals surface area contributed by atoms with Gasteiger partial charge in [0, 0.05) is 32.2 Å². The number of alkyl halides is 2. The first-order valence-corrected chi connectivity index (χ1v) is 11.0. The van der Waals surface area contributed by atoms with Crippen LogP contribution in [0.2, 0.25) is 0 Å². The zero-order chi connectivity index (χ0) is 23.1. The van der Waals surface area contributed by atoms with Gasteiger partial charge in [0.15, 0.2) is 5.82 Å². The second-order valence-corrected chi connectivity index (χ2v) is 8.40. The average molecular weight is 460 g/mol. The van der Waals surface area contributed by atoms with E-state index in [1.807, 2.05) is 19.9 Å². The summed E-state index contributed by atoms with van der Waals surface area (Å²) in [4.78, 5) is 17.5. The number of nitrogens with zero attached hydrogens (tertiary/aromatic N) is 6. The highest BCUT2D eigenvalue weighted by atomic mass is 19.3. The highest BCUT2D eigenvalue weighted by Crippen LogP contribution is 2.33. The minimum absolute atomic E-state index is 0.00153. The topological polar surface area (TPSA) is 88.8 Å². The summed E-state index contributed by atoms with van der Waals surface area (Å²) in [5.74, 6) is 0.663. The van der Waals surface area contributed by atoms with Crippen molar-refractivity contribution in [3.63, 3.8) is 0 Å². The molecule has 5 rings (SSSR count). The molecule has 2 saturated heterocycles. The highest BCUT2D eigenvalue weighted by Gasteiger charge is 2.28. The van der Waals surface area contributed by atoms with Crippen molar-refractivity contribution in [3.8, 4) is 11.7 Å². The lowest BCUT2D eigenvalue weighted by molar-refractivity contribution is -0.00546. The fourth-order valence-corrected chi connectivity index (χ4v) is 4.45. The van der Waals surface area contributed by atoms with Crippen molar-refractivity contribution in [2.75, 3.05) is 49.2 Å². The summed E-state index contributed by atoms with van der Waals surface area (Å²) in [5, 5.41) is 10.2. The van der Waals surface area contributed by atoms with Crippen molar-refractivity contribution < 1.29 is 23.4 Å². The van der Waals surface area contributed by atoms with Gasteiger partial charge < -0.3 is 24.4 Å². The zero-order valence-corrected chi connectivity index (χ0v) is 18.5. The second kappa shape index (κ2) is 8.71. The third-order valence-corrected chi connectivity index (χ3v) is 5.85. The molecule has 2 atom stereocenters. The summed E-state index contributed by atoms with van der Waals surface area (Å²) in [6.07, 6.45) is -2.87. The van der Waals surface area contributed by atoms with Gasteiger partial charge in [-0.15, -0.1) is 0 Å². The van der Waals surface area contributed by atoms with Gasteiger partial charge in [0.05, 0.1) is 30.9 Å². The van der Waals surface area contributed by atoms with Gasteiger partial charge in [-0.05, 0) is 26.0 Å². The molecule has 0 aliphatic carbocycles. The van der Waals surface area contributed by atoms with Gasteiger partial charge >= 0.3 is 0 Å². The van der Waals surface area contributed by atoms with Crippen LogP contribution in [0.1, 0.15) is 26.1 Å². The number of benzene rings is 1. The molecule has 0 bridgehead atoms. The molecule has 1 aromatic carbocycles. The van der Waals surface area contributed by atoms with E-state index in [1.54, 1.807) is 12.1 Å². The maximum absolute atomic E-state index is 14.0. The number of rotatable bonds is 4. The van der Waals surface area contributed by atoms with Crippen LogP contribution in [-0.2, 0) is 9.47 Å². The van der Waals surface area contributed by atoms with E-state index in [1.165, 1.54) is 10.6 Å². The summed E-state index contributed by atoms with van der Waals surface area (Å²) in [6.45, 7) is 7.63. The summed E-state index contributed by atoms with van der Waals surface area (Å²) >= 11 is 0. The van der Waals surface area contributed by atoms with Gasteiger partial charge in [0.1, 0.15) is 22.9 Å². The lowest BCUT2D eigenvalue weighted by atomic mass is 10.2. The number of halogens is 2. The van der Waals surface area contributed by atoms with E-state index in [-0.39, 0.29) is 29.4 Å². The minimum atomic E-state index is -2.88. The van der Waals surface area contributed by atoms with E-state index in [9.17, 15) is 13.9 Å². The molecule has 176 valence electrons. The van der Waals surface area contributed by atoms with Crippen molar-refractivity contribution in [2.24, 2.45) is 0 Å². The molecule has 0 spiro atoms. The number of imidazole rings is 1. The van der Waals surface area contributed by atoms with Crippen LogP contribution >= 0.6 is 0 Å². The van der Waals surface area contributed by atoms with Crippen LogP contribution in [0.3, 0.4) is 0 Å². The molecule has 4 heterocycles. The predicted molar refractivity (Wildman–Crippen MR) is 119 cm³/mol. The molecule has 9 nitrogen and oxygen atoms in total. The van der Waals surface area contributed by atoms with E-state index in [0.717, 1.165) is 0 Å². The van der Waals surface area contributed by atoms with Crippen molar-refractivity contribution in [2.45, 2.75) is 32.5 Å². The molecule has 2 aromatic heterocycles. The quantitative estimate of drug-likeness (QED) is 0.636. The third kappa shape index (κ3) is 4.18. The fraction of sp³-hybridized carbons (Fsp3) is 0.500. The van der Waals surface area contributed by atoms with Crippen LogP contribution in [-0.4, -0.2) is 76.2 Å². The van der Waals surface area contributed by atoms with Crippen LogP contribution in [0.15, 0.2) is 24.3 Å². The number of hydrogen-bond donors (Lipinski definition) is 1. The standard InChI is InChI=1S/C22H26F2N6O3/c1-13-11-29(12-14(2)33-13)18-10-17(28-6-8-32-9-7-28)25-22(26-18)30-15-4-3-5-16(31)19(15)27-21(30)20(23)24/h3-5,10,13-14,20,31H,6-9,11-12H2,1-2H3/t13-,14-/m1/s1. The highest BCUT2D eigenvalue weighted by molar-refractivity contribution is 5.83. The first kappa shape index (κ1) is 21.8. The molecule has 33 heavy (non-hydrogen) atoms. The van der Waals surface area contributed by atoms with Gasteiger partial charge in [-0.1, -0.05) is 6.07 Å². The maximum Gasteiger partial charge on any atom is 0.296 e. The Bertz CT molecular complexity index is 1140. The number of morpholine rings is 2. The molecule has 2 aliphatic rings. The van der Waals surface area contributed by atoms with Gasteiger partial charge in [-0.2, -0.15) is 9.97 Å². The molecule has 2 aliphatic heterocycles. The summed E-state index contributed by atoms with van der Waals surface area (Å²) in [5.41, 5.74) is 0.405. The van der Waals surface area contributed by atoms with Crippen LogP contribution in [0, 0.1) is 0 Å². The van der Waals surface area contributed by atoms with Gasteiger partial charge in [-0.25, -0.2) is 13.8 Å². The second-order valence-electron chi connectivity index (χ2n) is 8.40. The molecule has 11 heteroatoms. The number of ether oxygens (including phenoxy) is 2. The minimum Gasteiger partial charge on any atom is -0.506 e. The SMILES string of the molecule is C[C@@H]1CN(c2cc(N3CCOCC3)nc(-n3c(C(F)F)nc4c(O)cccc43)n2)C[C@@H](C)O1. The van der Waals surface area contributed by atoms with Crippen molar-refractivity contribution in [1.82, 2.24) is 19.5 Å². The van der Waals surface area contributed by atoms with Gasteiger partial charge in [0.2, 0.25) is 5.95 Å². The number of phenolic OH excluding ortho intramolecular Hbond substituents is 1. The zero-order valence-electron chi connectivity index (χ0n) is 18.5. The van der Waals surface area contributed by atoms with Crippen LogP contribution in [0.4, 0.5) is 20.4 Å². The number of fused-ring (bicyclic) bond motifs is 1. The molecule has 2 fully saturated rings. The monoisotopic (exact) mass is 460 g/mol. The number of anilines is 2. The Kier molecular flexibility index (Phi) is 5.75. The Hall–Kier alpha value is -3.05. The van der Waals surface area contributed by atoms with Crippen molar-refractivity contribution in [3.05, 3.63) is 30.1 Å². The summed E-state index contributed by atoms with van der Waals surface area (Å²) < 4.78 is 40.6. The number of aromatic nitrogens is 4. The molecule has 1 N–H and O–H groups in total. The van der Waals surface area contributed by atoms with Crippen LogP contribution in [0.25, 0.3) is 17.0 Å². The lowest BCUT2D eigenvalue weighted by Gasteiger charge is -2.37. The molecular formula is C22H26F2N6O3. The average Bonchev–Trinajstić information content (AvgIpc) is 3.20. The first-order chi connectivity index (χ1) is 15.9. The summed E-state index contributed by atoms with van der Waals surface area (Å²) in [6, 6.07) is 6.51. The Balaban J connectivity index is 1.69. The molecule has 0 unspecified atom stereocenters. The molecule has 0 saturated carbocycles. The van der Waals surface area contributed by atoms with Gasteiger partial charge in [0.25, 0.3) is 6.43 Å². The van der Waals surface area contributed by atoms with E-state index >= 15 is 0 Å². The maximum atomic E-state index is 14.0.